The van der Waals surface area contributed by atoms with Crippen molar-refractivity contribution < 1.29 is 28.9 Å². The van der Waals surface area contributed by atoms with Gasteiger partial charge < -0.3 is 19.3 Å². The van der Waals surface area contributed by atoms with Crippen LogP contribution >= 0.6 is 11.3 Å². The maximum atomic E-state index is 13.8. The molecule has 1 saturated heterocycles. The molecule has 2 heterocycles. The van der Waals surface area contributed by atoms with Crippen LogP contribution in [-0.4, -0.2) is 42.1 Å². The molecule has 1 aliphatic rings. The standard InChI is InChI=1S/C34H36N2O6S/c1-7-41-24-11-8-22(9-12-24)31(37)28-30(23-10-13-25(26(18-23)40-6)42-15-14-19(2)3)36(33(39)32(28)38)34-35-29-21(5)16-20(4)17-27(29)43-34/h8-13,16-19,30,37H,7,14-15H2,1-6H3. The number of hydrogen-bond acceptors (Lipinski definition) is 8. The summed E-state index contributed by atoms with van der Waals surface area (Å²) in [6, 6.07) is 15.2. The van der Waals surface area contributed by atoms with E-state index in [0.717, 1.165) is 27.8 Å². The molecule has 0 spiro atoms. The Labute approximate surface area is 255 Å². The summed E-state index contributed by atoms with van der Waals surface area (Å²) in [5.74, 6) is 0.299. The van der Waals surface area contributed by atoms with E-state index in [9.17, 15) is 14.7 Å². The number of ether oxygens (including phenoxy) is 3. The molecular weight excluding hydrogens is 564 g/mol. The summed E-state index contributed by atoms with van der Waals surface area (Å²) in [6.07, 6.45) is 0.879. The minimum Gasteiger partial charge on any atom is -0.507 e. The van der Waals surface area contributed by atoms with Crippen molar-refractivity contribution >= 4 is 44.1 Å². The van der Waals surface area contributed by atoms with Crippen LogP contribution in [0.5, 0.6) is 17.2 Å². The number of rotatable bonds is 10. The predicted molar refractivity (Wildman–Crippen MR) is 169 cm³/mol. The highest BCUT2D eigenvalue weighted by Crippen LogP contribution is 2.46. The molecule has 0 saturated carbocycles. The lowest BCUT2D eigenvalue weighted by Crippen LogP contribution is -2.29. The zero-order valence-corrected chi connectivity index (χ0v) is 26.1. The van der Waals surface area contributed by atoms with Crippen molar-refractivity contribution in [2.75, 3.05) is 25.2 Å². The molecule has 1 amide bonds. The fraction of sp³-hybridized carbons (Fsp3) is 0.324. The third kappa shape index (κ3) is 5.95. The van der Waals surface area contributed by atoms with E-state index in [1.165, 1.54) is 16.2 Å². The number of amides is 1. The van der Waals surface area contributed by atoms with Gasteiger partial charge in [0.15, 0.2) is 16.6 Å². The van der Waals surface area contributed by atoms with Crippen LogP contribution < -0.4 is 19.1 Å². The summed E-state index contributed by atoms with van der Waals surface area (Å²) < 4.78 is 18.1. The van der Waals surface area contributed by atoms with Gasteiger partial charge in [0.05, 0.1) is 42.2 Å². The Morgan fingerprint density at radius 1 is 1.02 bits per heavy atom. The largest absolute Gasteiger partial charge is 0.507 e. The minimum absolute atomic E-state index is 0.0307. The van der Waals surface area contributed by atoms with Crippen molar-refractivity contribution in [2.24, 2.45) is 5.92 Å². The van der Waals surface area contributed by atoms with Crippen LogP contribution in [0.15, 0.2) is 60.2 Å². The molecule has 9 heteroatoms. The number of aliphatic hydroxyl groups is 1. The Bertz CT molecular complexity index is 1710. The molecule has 224 valence electrons. The highest BCUT2D eigenvalue weighted by molar-refractivity contribution is 7.22. The van der Waals surface area contributed by atoms with Gasteiger partial charge in [-0.05, 0) is 92.3 Å². The number of benzene rings is 3. The van der Waals surface area contributed by atoms with Gasteiger partial charge in [-0.3, -0.25) is 14.5 Å². The van der Waals surface area contributed by atoms with E-state index in [-0.39, 0.29) is 11.3 Å². The Morgan fingerprint density at radius 3 is 2.44 bits per heavy atom. The second-order valence-electron chi connectivity index (χ2n) is 11.0. The molecule has 43 heavy (non-hydrogen) atoms. The smallest absolute Gasteiger partial charge is 0.301 e. The number of Topliss-reactive ketones (excluding diaryl/α,β-unsaturated/α-hetero) is 1. The van der Waals surface area contributed by atoms with Gasteiger partial charge in [0.2, 0.25) is 0 Å². The van der Waals surface area contributed by atoms with Crippen molar-refractivity contribution in [1.29, 1.82) is 0 Å². The van der Waals surface area contributed by atoms with E-state index >= 15 is 0 Å². The van der Waals surface area contributed by atoms with Gasteiger partial charge in [0, 0.05) is 5.56 Å². The normalized spacial score (nSPS) is 16.3. The quantitative estimate of drug-likeness (QED) is 0.115. The van der Waals surface area contributed by atoms with Crippen molar-refractivity contribution in [3.63, 3.8) is 0 Å². The number of aryl methyl sites for hydroxylation is 2. The summed E-state index contributed by atoms with van der Waals surface area (Å²) >= 11 is 1.34. The molecule has 0 bridgehead atoms. The average molecular weight is 601 g/mol. The Kier molecular flexibility index (Phi) is 8.73. The molecule has 1 N–H and O–H groups in total. The van der Waals surface area contributed by atoms with E-state index < -0.39 is 17.7 Å². The van der Waals surface area contributed by atoms with Crippen LogP contribution in [0.2, 0.25) is 0 Å². The molecule has 1 fully saturated rings. The SMILES string of the molecule is CCOc1ccc(C(O)=C2C(=O)C(=O)N(c3nc4c(C)cc(C)cc4s3)C2c2ccc(OCCC(C)C)c(OC)c2)cc1. The molecule has 0 aliphatic carbocycles. The van der Waals surface area contributed by atoms with E-state index in [1.54, 1.807) is 49.6 Å². The highest BCUT2D eigenvalue weighted by atomic mass is 32.1. The molecule has 1 unspecified atom stereocenters. The van der Waals surface area contributed by atoms with Crippen LogP contribution in [0, 0.1) is 19.8 Å². The van der Waals surface area contributed by atoms with Crippen LogP contribution in [0.3, 0.4) is 0 Å². The van der Waals surface area contributed by atoms with Crippen LogP contribution in [-0.2, 0) is 9.59 Å². The predicted octanol–water partition coefficient (Wildman–Crippen LogP) is 7.37. The number of aliphatic hydroxyl groups excluding tert-OH is 1. The van der Waals surface area contributed by atoms with Crippen LogP contribution in [0.4, 0.5) is 5.13 Å². The second-order valence-corrected chi connectivity index (χ2v) is 12.0. The van der Waals surface area contributed by atoms with Gasteiger partial charge in [0.1, 0.15) is 11.5 Å². The molecule has 8 nitrogen and oxygen atoms in total. The summed E-state index contributed by atoms with van der Waals surface area (Å²) in [7, 11) is 1.55. The number of thiazole rings is 1. The van der Waals surface area contributed by atoms with E-state index in [4.69, 9.17) is 19.2 Å². The van der Waals surface area contributed by atoms with E-state index in [1.807, 2.05) is 32.9 Å². The van der Waals surface area contributed by atoms with E-state index in [2.05, 4.69) is 13.8 Å². The fourth-order valence-corrected chi connectivity index (χ4v) is 6.38. The lowest BCUT2D eigenvalue weighted by atomic mass is 9.95. The van der Waals surface area contributed by atoms with Crippen molar-refractivity contribution in [1.82, 2.24) is 4.98 Å². The zero-order chi connectivity index (χ0) is 30.8. The second kappa shape index (κ2) is 12.5. The molecular formula is C34H36N2O6S. The first kappa shape index (κ1) is 30.1. The van der Waals surface area contributed by atoms with Gasteiger partial charge >= 0.3 is 5.91 Å². The van der Waals surface area contributed by atoms with Crippen molar-refractivity contribution in [2.45, 2.75) is 47.1 Å². The minimum atomic E-state index is -0.952. The monoisotopic (exact) mass is 600 g/mol. The fourth-order valence-electron chi connectivity index (χ4n) is 5.22. The Balaban J connectivity index is 1.66. The first-order valence-corrected chi connectivity index (χ1v) is 15.2. The number of carbonyl (C=O) groups excluding carboxylic acids is 2. The Hall–Kier alpha value is -4.37. The van der Waals surface area contributed by atoms with Gasteiger partial charge in [0.25, 0.3) is 5.78 Å². The van der Waals surface area contributed by atoms with Gasteiger partial charge in [-0.15, -0.1) is 0 Å². The first-order valence-electron chi connectivity index (χ1n) is 14.4. The summed E-state index contributed by atoms with van der Waals surface area (Å²) in [5.41, 5.74) is 3.76. The maximum Gasteiger partial charge on any atom is 0.301 e. The molecule has 1 aliphatic heterocycles. The van der Waals surface area contributed by atoms with Crippen molar-refractivity contribution in [3.05, 3.63) is 82.4 Å². The lowest BCUT2D eigenvalue weighted by Gasteiger charge is -2.24. The van der Waals surface area contributed by atoms with Gasteiger partial charge in [-0.1, -0.05) is 37.3 Å². The number of fused-ring (bicyclic) bond motifs is 1. The molecule has 4 aromatic rings. The van der Waals surface area contributed by atoms with Crippen molar-refractivity contribution in [3.8, 4) is 17.2 Å². The topological polar surface area (TPSA) is 98.2 Å². The summed E-state index contributed by atoms with van der Waals surface area (Å²) in [4.78, 5) is 33.7. The maximum absolute atomic E-state index is 13.8. The Morgan fingerprint density at radius 2 is 1.77 bits per heavy atom. The molecule has 1 atom stereocenters. The molecule has 5 rings (SSSR count). The number of methoxy groups -OCH3 is 1. The van der Waals surface area contributed by atoms with E-state index in [0.29, 0.717) is 52.6 Å². The first-order chi connectivity index (χ1) is 20.6. The number of ketones is 1. The summed E-state index contributed by atoms with van der Waals surface area (Å²) in [6.45, 7) is 11.1. The molecule has 1 aromatic heterocycles. The number of carbonyl (C=O) groups is 2. The van der Waals surface area contributed by atoms with Gasteiger partial charge in [-0.25, -0.2) is 4.98 Å². The lowest BCUT2D eigenvalue weighted by molar-refractivity contribution is -0.132. The average Bonchev–Trinajstić information content (AvgIpc) is 3.51. The number of hydrogen-bond donors (Lipinski definition) is 1. The van der Waals surface area contributed by atoms with Crippen LogP contribution in [0.1, 0.15) is 55.5 Å². The highest BCUT2D eigenvalue weighted by Gasteiger charge is 2.48. The molecule has 3 aromatic carbocycles. The summed E-state index contributed by atoms with van der Waals surface area (Å²) in [5, 5.41) is 11.9. The van der Waals surface area contributed by atoms with Crippen LogP contribution in [0.25, 0.3) is 16.0 Å². The number of nitrogens with zero attached hydrogens (tertiary/aromatic N) is 2. The van der Waals surface area contributed by atoms with Gasteiger partial charge in [-0.2, -0.15) is 0 Å². The zero-order valence-electron chi connectivity index (χ0n) is 25.3. The third-order valence-electron chi connectivity index (χ3n) is 7.36. The third-order valence-corrected chi connectivity index (χ3v) is 8.37. The number of anilines is 1. The molecule has 0 radical (unpaired) electrons. The number of aromatic nitrogens is 1.